The number of guanidine groups is 6. The second-order valence-corrected chi connectivity index (χ2v) is 14.2. The van der Waals surface area contributed by atoms with E-state index in [-0.39, 0.29) is 18.5 Å². The standard InChI is InChI=1S/C37H58N18/c1-26-42-33(51(3)4)49-36(43-26)54(22-15-28-12-9-19-40-28)24-17-30-45-34(52(5)6)50-37(46-30)55(23-16-29-13-10-20-41-29)25-31-44-32(38-2)48-35(47-31)53(7)21-14-27-11-8-18-39-27/h8-13,18-20,26,30-31,39-41H,14-17,21-25H2,1-7H3,(H,42,43,49)(H,45,46,50)(H2,38,44,47,48). The fourth-order valence-electron chi connectivity index (χ4n) is 6.37. The summed E-state index contributed by atoms with van der Waals surface area (Å²) in [5.41, 5.74) is 3.49. The van der Waals surface area contributed by atoms with Crippen molar-refractivity contribution >= 4 is 35.8 Å². The van der Waals surface area contributed by atoms with E-state index in [1.165, 1.54) is 11.4 Å². The maximum Gasteiger partial charge on any atom is 0.203 e. The molecule has 3 aromatic rings. The molecule has 6 rings (SSSR count). The molecule has 0 fully saturated rings. The van der Waals surface area contributed by atoms with Crippen LogP contribution in [-0.2, 0) is 19.3 Å². The molecule has 0 amide bonds. The molecular weight excluding hydrogens is 697 g/mol. The molecule has 0 bridgehead atoms. The van der Waals surface area contributed by atoms with Gasteiger partial charge in [-0.2, -0.15) is 0 Å². The largest absolute Gasteiger partial charge is 0.365 e. The average molecular weight is 755 g/mol. The molecule has 0 spiro atoms. The normalized spacial score (nSPS) is 19.3. The van der Waals surface area contributed by atoms with Gasteiger partial charge in [-0.15, -0.1) is 0 Å². The highest BCUT2D eigenvalue weighted by Gasteiger charge is 2.28. The van der Waals surface area contributed by atoms with Crippen LogP contribution in [0.15, 0.2) is 84.9 Å². The predicted molar refractivity (Wildman–Crippen MR) is 221 cm³/mol. The van der Waals surface area contributed by atoms with Crippen LogP contribution in [0, 0.1) is 0 Å². The van der Waals surface area contributed by atoms with Gasteiger partial charge in [0.2, 0.25) is 29.8 Å². The smallest absolute Gasteiger partial charge is 0.203 e. The van der Waals surface area contributed by atoms with Gasteiger partial charge in [0.1, 0.15) is 12.3 Å². The number of H-pyrrole nitrogens is 3. The molecule has 6 heterocycles. The zero-order valence-electron chi connectivity index (χ0n) is 33.2. The van der Waals surface area contributed by atoms with Crippen molar-refractivity contribution in [3.05, 3.63) is 72.1 Å². The number of rotatable bonds is 14. The van der Waals surface area contributed by atoms with E-state index in [2.05, 4.69) is 81.2 Å². The first-order valence-electron chi connectivity index (χ1n) is 19.0. The number of likely N-dealkylation sites (N-methyl/N-ethyl adjacent to an activating group) is 1. The second-order valence-electron chi connectivity index (χ2n) is 14.2. The van der Waals surface area contributed by atoms with Crippen molar-refractivity contribution in [2.45, 2.75) is 51.1 Å². The van der Waals surface area contributed by atoms with Crippen molar-refractivity contribution in [2.75, 3.05) is 75.0 Å². The first kappa shape index (κ1) is 38.8. The van der Waals surface area contributed by atoms with Crippen molar-refractivity contribution in [3.63, 3.8) is 0 Å². The molecule has 18 nitrogen and oxygen atoms in total. The Bertz CT molecular complexity index is 1820. The number of hydrogen-bond acceptors (Lipinski definition) is 15. The number of aromatic nitrogens is 3. The Morgan fingerprint density at radius 1 is 0.564 bits per heavy atom. The molecule has 18 heteroatoms. The minimum atomic E-state index is -0.381. The van der Waals surface area contributed by atoms with Crippen molar-refractivity contribution in [2.24, 2.45) is 30.0 Å². The monoisotopic (exact) mass is 755 g/mol. The molecule has 7 N–H and O–H groups in total. The van der Waals surface area contributed by atoms with E-state index < -0.39 is 0 Å². The van der Waals surface area contributed by atoms with Crippen LogP contribution in [0.5, 0.6) is 0 Å². The van der Waals surface area contributed by atoms with Crippen molar-refractivity contribution < 1.29 is 0 Å². The summed E-state index contributed by atoms with van der Waals surface area (Å²) < 4.78 is 0. The summed E-state index contributed by atoms with van der Waals surface area (Å²) >= 11 is 0. The lowest BCUT2D eigenvalue weighted by Gasteiger charge is -2.35. The van der Waals surface area contributed by atoms with Gasteiger partial charge in [-0.1, -0.05) is 0 Å². The maximum atomic E-state index is 5.26. The summed E-state index contributed by atoms with van der Waals surface area (Å²) in [6.45, 7) is 5.43. The van der Waals surface area contributed by atoms with Crippen molar-refractivity contribution in [1.29, 1.82) is 0 Å². The molecule has 3 atom stereocenters. The quantitative estimate of drug-likeness (QED) is 0.126. The molecule has 0 aromatic carbocycles. The van der Waals surface area contributed by atoms with Gasteiger partial charge in [-0.05, 0) is 43.3 Å². The van der Waals surface area contributed by atoms with Gasteiger partial charge >= 0.3 is 0 Å². The second kappa shape index (κ2) is 18.4. The fourth-order valence-corrected chi connectivity index (χ4v) is 6.37. The number of aromatic amines is 3. The Kier molecular flexibility index (Phi) is 13.0. The third-order valence-corrected chi connectivity index (χ3v) is 9.48. The van der Waals surface area contributed by atoms with Crippen molar-refractivity contribution in [3.8, 4) is 0 Å². The first-order chi connectivity index (χ1) is 26.6. The molecule has 0 radical (unpaired) electrons. The van der Waals surface area contributed by atoms with Crippen LogP contribution in [0.4, 0.5) is 0 Å². The molecule has 0 saturated heterocycles. The molecule has 3 unspecified atom stereocenters. The van der Waals surface area contributed by atoms with Crippen LogP contribution >= 0.6 is 0 Å². The minimum Gasteiger partial charge on any atom is -0.365 e. The number of nitrogens with zero attached hydrogens (tertiary/aromatic N) is 11. The summed E-state index contributed by atoms with van der Waals surface area (Å²) in [7, 11) is 11.9. The lowest BCUT2D eigenvalue weighted by molar-refractivity contribution is 0.358. The highest BCUT2D eigenvalue weighted by Crippen LogP contribution is 2.15. The third-order valence-electron chi connectivity index (χ3n) is 9.48. The predicted octanol–water partition coefficient (Wildman–Crippen LogP) is 0.911. The van der Waals surface area contributed by atoms with Gasteiger partial charge in [-0.3, -0.25) is 16.0 Å². The molecular formula is C37H58N18. The van der Waals surface area contributed by atoms with Gasteiger partial charge in [0.15, 0.2) is 12.1 Å². The molecule has 55 heavy (non-hydrogen) atoms. The van der Waals surface area contributed by atoms with Crippen LogP contribution in [0.2, 0.25) is 0 Å². The van der Waals surface area contributed by atoms with Crippen LogP contribution in [0.1, 0.15) is 30.4 Å². The zero-order chi connectivity index (χ0) is 38.7. The molecule has 296 valence electrons. The zero-order valence-corrected chi connectivity index (χ0v) is 33.2. The van der Waals surface area contributed by atoms with E-state index >= 15 is 0 Å². The summed E-state index contributed by atoms with van der Waals surface area (Å²) in [6.07, 6.45) is 8.13. The van der Waals surface area contributed by atoms with Gasteiger partial charge in [0, 0.05) is 130 Å². The van der Waals surface area contributed by atoms with E-state index in [0.29, 0.717) is 32.0 Å². The van der Waals surface area contributed by atoms with Gasteiger partial charge in [0.25, 0.3) is 0 Å². The third kappa shape index (κ3) is 10.8. The van der Waals surface area contributed by atoms with E-state index in [1.807, 2.05) is 88.8 Å². The van der Waals surface area contributed by atoms with E-state index in [0.717, 1.165) is 67.8 Å². The molecule has 0 aliphatic carbocycles. The Labute approximate surface area is 324 Å². The van der Waals surface area contributed by atoms with Crippen molar-refractivity contribution in [1.82, 2.24) is 60.7 Å². The number of hydrogen-bond donors (Lipinski definition) is 7. The Balaban J connectivity index is 1.23. The van der Waals surface area contributed by atoms with Crippen LogP contribution < -0.4 is 21.3 Å². The van der Waals surface area contributed by atoms with Crippen LogP contribution in [0.25, 0.3) is 0 Å². The SMILES string of the molecule is CNC1=NC(CN(CCc2ccc[nH]2)C2=NC(CCN(CCc3ccc[nH]3)C3=NC(C)N=C(N(C)C)N3)N=C(N(C)C)N2)N=C(N(C)CCc2ccc[nH]2)N1. The number of nitrogens with one attached hydrogen (secondary N) is 7. The molecule has 3 aliphatic heterocycles. The van der Waals surface area contributed by atoms with Gasteiger partial charge in [0.05, 0.1) is 6.54 Å². The Hall–Kier alpha value is -5.94. The molecule has 3 aliphatic rings. The fraction of sp³-hybridized carbons (Fsp3) is 0.514. The van der Waals surface area contributed by atoms with Gasteiger partial charge in [-0.25, -0.2) is 30.0 Å². The first-order valence-corrected chi connectivity index (χ1v) is 19.0. The summed E-state index contributed by atoms with van der Waals surface area (Å²) in [5, 5.41) is 13.6. The van der Waals surface area contributed by atoms with E-state index in [4.69, 9.17) is 25.0 Å². The Morgan fingerprint density at radius 2 is 1.07 bits per heavy atom. The summed E-state index contributed by atoms with van der Waals surface area (Å²) in [5.74, 6) is 4.52. The maximum absolute atomic E-state index is 5.26. The highest BCUT2D eigenvalue weighted by molar-refractivity contribution is 6.01. The van der Waals surface area contributed by atoms with Crippen LogP contribution in [0.3, 0.4) is 0 Å². The molecule has 3 aromatic heterocycles. The molecule has 0 saturated carbocycles. The van der Waals surface area contributed by atoms with E-state index in [1.54, 1.807) is 0 Å². The summed E-state index contributed by atoms with van der Waals surface area (Å²) in [4.78, 5) is 50.5. The lowest BCUT2D eigenvalue weighted by Crippen LogP contribution is -2.55. The Morgan fingerprint density at radius 3 is 1.64 bits per heavy atom. The summed E-state index contributed by atoms with van der Waals surface area (Å²) in [6, 6.07) is 12.4. The topological polar surface area (TPSA) is 186 Å². The minimum absolute atomic E-state index is 0.195. The van der Waals surface area contributed by atoms with Gasteiger partial charge < -0.3 is 44.8 Å². The highest BCUT2D eigenvalue weighted by atomic mass is 15.4. The van der Waals surface area contributed by atoms with E-state index in [9.17, 15) is 0 Å². The number of aliphatic imine (C=N–C) groups is 6. The van der Waals surface area contributed by atoms with Crippen LogP contribution in [-0.4, -0.2) is 169 Å². The lowest BCUT2D eigenvalue weighted by atomic mass is 10.2. The average Bonchev–Trinajstić information content (AvgIpc) is 4.00.